The maximum atomic E-state index is 14.0. The van der Waals surface area contributed by atoms with Gasteiger partial charge in [0.1, 0.15) is 30.4 Å². The molecule has 0 bridgehead atoms. The van der Waals surface area contributed by atoms with Gasteiger partial charge in [-0.3, -0.25) is 9.19 Å². The molecule has 0 aliphatic rings. The minimum Gasteiger partial charge on any atom is -0.497 e. The van der Waals surface area contributed by atoms with Gasteiger partial charge in [0.05, 0.1) is 73.5 Å². The maximum absolute atomic E-state index is 14.0. The number of imidazole rings is 1. The highest BCUT2D eigenvalue weighted by Gasteiger charge is 2.29. The Morgan fingerprint density at radius 2 is 1.65 bits per heavy atom. The van der Waals surface area contributed by atoms with Gasteiger partial charge < -0.3 is 18.7 Å². The van der Waals surface area contributed by atoms with Crippen molar-refractivity contribution >= 4 is 31.9 Å². The molecule has 0 fully saturated rings. The van der Waals surface area contributed by atoms with E-state index in [1.807, 2.05) is 13.8 Å². The number of ether oxygens (including phenoxy) is 3. The van der Waals surface area contributed by atoms with Crippen LogP contribution in [0.25, 0.3) is 11.0 Å². The lowest BCUT2D eigenvalue weighted by molar-refractivity contribution is -0.870. The number of nitrogens with zero attached hydrogens (tertiary/aromatic N) is 4. The summed E-state index contributed by atoms with van der Waals surface area (Å²) in [6.45, 7) is 4.99. The number of pyridine rings is 1. The van der Waals surface area contributed by atoms with Crippen LogP contribution in [-0.2, 0) is 26.6 Å². The maximum Gasteiger partial charge on any atom is 0.270 e. The van der Waals surface area contributed by atoms with Crippen LogP contribution in [0, 0.1) is 13.8 Å². The van der Waals surface area contributed by atoms with Crippen LogP contribution in [0.5, 0.6) is 17.2 Å². The molecule has 214 valence electrons. The first-order valence-corrected chi connectivity index (χ1v) is 15.3. The lowest BCUT2D eigenvalue weighted by atomic mass is 10.1. The first-order valence-electron chi connectivity index (χ1n) is 12.6. The van der Waals surface area contributed by atoms with Crippen LogP contribution in [-0.4, -0.2) is 79.6 Å². The first kappa shape index (κ1) is 29.5. The monoisotopic (exact) mass is 587 g/mol. The molecule has 2 aromatic carbocycles. The Morgan fingerprint density at radius 1 is 0.975 bits per heavy atom. The minimum atomic E-state index is -4.20. The molecule has 40 heavy (non-hydrogen) atoms. The van der Waals surface area contributed by atoms with Gasteiger partial charge in [-0.25, -0.2) is 17.4 Å². The fourth-order valence-corrected chi connectivity index (χ4v) is 7.21. The van der Waals surface area contributed by atoms with E-state index in [4.69, 9.17) is 14.2 Å². The van der Waals surface area contributed by atoms with E-state index in [1.165, 1.54) is 19.2 Å². The van der Waals surface area contributed by atoms with Crippen molar-refractivity contribution in [3.8, 4) is 17.2 Å². The molecule has 10 nitrogen and oxygen atoms in total. The number of rotatable bonds is 11. The highest BCUT2D eigenvalue weighted by molar-refractivity contribution is 7.91. The standard InChI is InChI=1S/C28H35N4O6S2/c1-19-17-29-25(20(2)27(19)37-7)18-39(33)28-30-24-13-10-22(36-6)16-26(24)31(28)40(34,35)23-11-8-21(9-12-23)38-15-14-32(3,4)5/h8-13,16-17H,14-15,18H2,1-7H3/q+1. The Balaban J connectivity index is 1.75. The second-order valence-electron chi connectivity index (χ2n) is 10.4. The Kier molecular flexibility index (Phi) is 8.52. The van der Waals surface area contributed by atoms with Crippen molar-refractivity contribution in [3.05, 3.63) is 65.5 Å². The lowest BCUT2D eigenvalue weighted by Gasteiger charge is -2.23. The zero-order valence-corrected chi connectivity index (χ0v) is 25.4. The zero-order chi connectivity index (χ0) is 29.2. The summed E-state index contributed by atoms with van der Waals surface area (Å²) >= 11 is 0. The van der Waals surface area contributed by atoms with E-state index < -0.39 is 20.8 Å². The number of aryl methyl sites for hydroxylation is 1. The van der Waals surface area contributed by atoms with E-state index in [2.05, 4.69) is 31.1 Å². The third-order valence-electron chi connectivity index (χ3n) is 6.41. The van der Waals surface area contributed by atoms with Crippen molar-refractivity contribution in [1.29, 1.82) is 0 Å². The number of likely N-dealkylation sites (N-methyl/N-ethyl adjacent to an activating group) is 1. The summed E-state index contributed by atoms with van der Waals surface area (Å²) in [5.74, 6) is 1.61. The zero-order valence-electron chi connectivity index (χ0n) is 23.8. The molecule has 2 heterocycles. The van der Waals surface area contributed by atoms with Crippen LogP contribution in [0.4, 0.5) is 0 Å². The normalized spacial score (nSPS) is 12.9. The average molecular weight is 588 g/mol. The van der Waals surface area contributed by atoms with E-state index in [-0.39, 0.29) is 21.3 Å². The second kappa shape index (κ2) is 11.6. The van der Waals surface area contributed by atoms with E-state index in [1.54, 1.807) is 43.6 Å². The Hall–Kier alpha value is -3.48. The minimum absolute atomic E-state index is 0.0122. The van der Waals surface area contributed by atoms with Crippen LogP contribution in [0.1, 0.15) is 16.8 Å². The molecule has 0 aliphatic heterocycles. The fraction of sp³-hybridized carbons (Fsp3) is 0.357. The van der Waals surface area contributed by atoms with Gasteiger partial charge >= 0.3 is 0 Å². The first-order chi connectivity index (χ1) is 18.9. The summed E-state index contributed by atoms with van der Waals surface area (Å²) in [6, 6.07) is 11.1. The number of fused-ring (bicyclic) bond motifs is 1. The topological polar surface area (TPSA) is 110 Å². The molecule has 1 atom stereocenters. The molecule has 0 saturated heterocycles. The number of aromatic nitrogens is 3. The third-order valence-corrected chi connectivity index (χ3v) is 9.46. The van der Waals surface area contributed by atoms with Gasteiger partial charge in [-0.2, -0.15) is 0 Å². The fourth-order valence-electron chi connectivity index (χ4n) is 4.17. The van der Waals surface area contributed by atoms with Gasteiger partial charge in [-0.1, -0.05) is 0 Å². The van der Waals surface area contributed by atoms with Crippen molar-refractivity contribution in [3.63, 3.8) is 0 Å². The van der Waals surface area contributed by atoms with Crippen LogP contribution in [0.15, 0.2) is 58.7 Å². The molecule has 0 aliphatic carbocycles. The molecular weight excluding hydrogens is 552 g/mol. The molecule has 0 amide bonds. The molecule has 12 heteroatoms. The number of methoxy groups -OCH3 is 2. The van der Waals surface area contributed by atoms with E-state index >= 15 is 0 Å². The lowest BCUT2D eigenvalue weighted by Crippen LogP contribution is -2.38. The largest absolute Gasteiger partial charge is 0.497 e. The molecule has 1 unspecified atom stereocenters. The van der Waals surface area contributed by atoms with E-state index in [0.29, 0.717) is 35.1 Å². The number of hydrogen-bond donors (Lipinski definition) is 0. The molecule has 4 rings (SSSR count). The van der Waals surface area contributed by atoms with Gasteiger partial charge in [-0.15, -0.1) is 0 Å². The van der Waals surface area contributed by atoms with Crippen molar-refractivity contribution in [2.24, 2.45) is 0 Å². The summed E-state index contributed by atoms with van der Waals surface area (Å²) in [5.41, 5.74) is 2.76. The van der Waals surface area contributed by atoms with Crippen molar-refractivity contribution in [2.75, 3.05) is 48.5 Å². The third kappa shape index (κ3) is 6.13. The van der Waals surface area contributed by atoms with Crippen LogP contribution < -0.4 is 14.2 Å². The number of hydrogen-bond acceptors (Lipinski definition) is 8. The molecule has 0 radical (unpaired) electrons. The predicted molar refractivity (Wildman–Crippen MR) is 154 cm³/mol. The summed E-state index contributed by atoms with van der Waals surface area (Å²) < 4.78 is 60.2. The molecule has 0 spiro atoms. The molecular formula is C28H35N4O6S2+. The molecule has 4 aromatic rings. The number of quaternary nitrogens is 1. The van der Waals surface area contributed by atoms with E-state index in [9.17, 15) is 12.6 Å². The molecule has 2 aromatic heterocycles. The highest BCUT2D eigenvalue weighted by Crippen LogP contribution is 2.31. The SMILES string of the molecule is COc1ccc2nc(S(=O)Cc3ncc(C)c(OC)c3C)n(S(=O)(=O)c3ccc(OCC[N+](C)(C)C)cc3)c2c1. The predicted octanol–water partition coefficient (Wildman–Crippen LogP) is 3.70. The van der Waals surface area contributed by atoms with Crippen LogP contribution >= 0.6 is 0 Å². The average Bonchev–Trinajstić information content (AvgIpc) is 3.30. The van der Waals surface area contributed by atoms with Crippen LogP contribution in [0.2, 0.25) is 0 Å². The summed E-state index contributed by atoms with van der Waals surface area (Å²) in [5, 5.41) is -0.104. The summed E-state index contributed by atoms with van der Waals surface area (Å²) in [6.07, 6.45) is 1.65. The van der Waals surface area contributed by atoms with Gasteiger partial charge in [-0.05, 0) is 50.2 Å². The Morgan fingerprint density at radius 3 is 2.27 bits per heavy atom. The van der Waals surface area contributed by atoms with E-state index in [0.717, 1.165) is 26.1 Å². The van der Waals surface area contributed by atoms with Gasteiger partial charge in [0, 0.05) is 23.4 Å². The second-order valence-corrected chi connectivity index (χ2v) is 13.5. The summed E-state index contributed by atoms with van der Waals surface area (Å²) in [7, 11) is 3.19. The van der Waals surface area contributed by atoms with Gasteiger partial charge in [0.2, 0.25) is 5.16 Å². The van der Waals surface area contributed by atoms with Gasteiger partial charge in [0.25, 0.3) is 10.0 Å². The van der Waals surface area contributed by atoms with Crippen molar-refractivity contribution < 1.29 is 31.3 Å². The molecule has 0 N–H and O–H groups in total. The highest BCUT2D eigenvalue weighted by atomic mass is 32.2. The Labute approximate surface area is 237 Å². The van der Waals surface area contributed by atoms with Crippen molar-refractivity contribution in [1.82, 2.24) is 13.9 Å². The summed E-state index contributed by atoms with van der Waals surface area (Å²) in [4.78, 5) is 8.94. The quantitative estimate of drug-likeness (QED) is 0.245. The van der Waals surface area contributed by atoms with Gasteiger partial charge in [0.15, 0.2) is 0 Å². The van der Waals surface area contributed by atoms with Crippen molar-refractivity contribution in [2.45, 2.75) is 29.7 Å². The Bertz CT molecular complexity index is 1660. The molecule has 0 saturated carbocycles. The number of benzene rings is 2. The smallest absolute Gasteiger partial charge is 0.270 e. The van der Waals surface area contributed by atoms with Crippen LogP contribution in [0.3, 0.4) is 0 Å².